The molecule has 2 aromatic carbocycles. The maximum atomic E-state index is 14.0. The Bertz CT molecular complexity index is 1420. The molecule has 4 rings (SSSR count). The lowest BCUT2D eigenvalue weighted by atomic mass is 9.88. The van der Waals surface area contributed by atoms with Crippen LogP contribution >= 0.6 is 0 Å². The van der Waals surface area contributed by atoms with Crippen LogP contribution < -0.4 is 0 Å². The van der Waals surface area contributed by atoms with Crippen molar-refractivity contribution in [1.29, 1.82) is 0 Å². The van der Waals surface area contributed by atoms with Crippen LogP contribution in [0.25, 0.3) is 0 Å². The number of amides is 2. The van der Waals surface area contributed by atoms with Crippen LogP contribution in [-0.4, -0.2) is 72.2 Å². The molecule has 9 nitrogen and oxygen atoms in total. The van der Waals surface area contributed by atoms with E-state index in [2.05, 4.69) is 50.7 Å². The molecule has 10 heteroatoms. The summed E-state index contributed by atoms with van der Waals surface area (Å²) < 4.78 is 18.7. The number of carbonyl (C=O) groups excluding carboxylic acids is 2. The van der Waals surface area contributed by atoms with Crippen LogP contribution in [0.2, 0.25) is 18.1 Å². The van der Waals surface area contributed by atoms with Gasteiger partial charge in [-0.3, -0.25) is 0 Å². The average Bonchev–Trinajstić information content (AvgIpc) is 3.52. The molecule has 5 atom stereocenters. The van der Waals surface area contributed by atoms with Gasteiger partial charge < -0.3 is 23.9 Å². The van der Waals surface area contributed by atoms with Crippen molar-refractivity contribution in [3.63, 3.8) is 0 Å². The molecule has 288 valence electrons. The zero-order valence-electron chi connectivity index (χ0n) is 32.9. The van der Waals surface area contributed by atoms with Gasteiger partial charge in [-0.25, -0.2) is 14.5 Å². The molecule has 1 N–H and O–H groups in total. The van der Waals surface area contributed by atoms with Crippen molar-refractivity contribution in [2.24, 2.45) is 10.9 Å². The fourth-order valence-electron chi connectivity index (χ4n) is 7.40. The van der Waals surface area contributed by atoms with Gasteiger partial charge in [0.2, 0.25) is 5.96 Å². The summed E-state index contributed by atoms with van der Waals surface area (Å²) in [7, 11) is -2.11. The van der Waals surface area contributed by atoms with E-state index in [9.17, 15) is 14.7 Å². The second kappa shape index (κ2) is 19.7. The Kier molecular flexibility index (Phi) is 15.8. The second-order valence-electron chi connectivity index (χ2n) is 16.3. The third-order valence-electron chi connectivity index (χ3n) is 11.5. The van der Waals surface area contributed by atoms with Gasteiger partial charge in [-0.05, 0) is 61.9 Å². The summed E-state index contributed by atoms with van der Waals surface area (Å²) in [6.07, 6.45) is 10.6. The first-order valence-corrected chi connectivity index (χ1v) is 22.6. The molecule has 2 aromatic rings. The molecular weight excluding hydrogens is 671 g/mol. The number of unbranched alkanes of at least 4 members (excludes halogenated alkanes) is 6. The van der Waals surface area contributed by atoms with Crippen molar-refractivity contribution in [1.82, 2.24) is 9.80 Å². The summed E-state index contributed by atoms with van der Waals surface area (Å²) in [5.41, 5.74) is 1.70. The Morgan fingerprint density at radius 2 is 1.46 bits per heavy atom. The molecule has 0 saturated carbocycles. The van der Waals surface area contributed by atoms with Gasteiger partial charge in [-0.2, -0.15) is 0 Å². The molecule has 0 aliphatic carbocycles. The van der Waals surface area contributed by atoms with Crippen LogP contribution in [0, 0.1) is 5.92 Å². The van der Waals surface area contributed by atoms with Crippen LogP contribution in [0.15, 0.2) is 65.7 Å². The van der Waals surface area contributed by atoms with Gasteiger partial charge in [0.15, 0.2) is 8.32 Å². The van der Waals surface area contributed by atoms with E-state index >= 15 is 0 Å². The Hall–Kier alpha value is -3.21. The predicted octanol–water partition coefficient (Wildman–Crippen LogP) is 10.1. The topological polar surface area (TPSA) is 101 Å². The van der Waals surface area contributed by atoms with E-state index < -0.39 is 26.5 Å². The number of nitrogens with zero attached hydrogens (tertiary/aromatic N) is 3. The van der Waals surface area contributed by atoms with Gasteiger partial charge >= 0.3 is 12.2 Å². The molecule has 0 spiro atoms. The molecule has 2 aliphatic heterocycles. The van der Waals surface area contributed by atoms with Gasteiger partial charge in [0.05, 0.1) is 0 Å². The molecule has 0 radical (unpaired) electrons. The van der Waals surface area contributed by atoms with Crippen molar-refractivity contribution in [3.8, 4) is 0 Å². The van der Waals surface area contributed by atoms with E-state index in [-0.39, 0.29) is 54.9 Å². The van der Waals surface area contributed by atoms with Crippen LogP contribution in [0.4, 0.5) is 9.59 Å². The molecular formula is C42H65N3O6Si. The molecule has 0 aromatic heterocycles. The third-order valence-corrected chi connectivity index (χ3v) is 16.0. The molecule has 2 saturated heterocycles. The molecule has 2 fully saturated rings. The van der Waals surface area contributed by atoms with Gasteiger partial charge in [-0.1, -0.05) is 133 Å². The van der Waals surface area contributed by atoms with E-state index in [4.69, 9.17) is 13.9 Å². The SMILES string of the molecule is CCCCCCCCC[C@@H](C[C@@H]1CC[C@H]2[C@@H](CO)[C@@H](C)N(C(=O)OCc3ccccc3)/C(=N/C(=O)OCc3ccccc3)N12)O[Si](C)(C)C(C)(C)C. The molecule has 0 bridgehead atoms. The number of ether oxygens (including phenoxy) is 2. The zero-order valence-corrected chi connectivity index (χ0v) is 33.9. The number of carbonyl (C=O) groups is 2. The highest BCUT2D eigenvalue weighted by atomic mass is 28.4. The number of aliphatic hydroxyl groups excluding tert-OH is 1. The summed E-state index contributed by atoms with van der Waals surface area (Å²) in [6.45, 7) is 15.6. The number of hydrogen-bond acceptors (Lipinski definition) is 6. The smallest absolute Gasteiger partial charge is 0.437 e. The summed E-state index contributed by atoms with van der Waals surface area (Å²) >= 11 is 0. The maximum Gasteiger partial charge on any atom is 0.437 e. The minimum atomic E-state index is -2.11. The van der Waals surface area contributed by atoms with E-state index in [1.54, 1.807) is 0 Å². The van der Waals surface area contributed by atoms with Crippen LogP contribution in [0.1, 0.15) is 116 Å². The van der Waals surface area contributed by atoms with Crippen LogP contribution in [-0.2, 0) is 27.1 Å². The number of aliphatic hydroxyl groups is 1. The Morgan fingerprint density at radius 1 is 0.885 bits per heavy atom. The fraction of sp³-hybridized carbons (Fsp3) is 0.643. The first kappa shape index (κ1) is 41.5. The number of aliphatic imine (C=N–C) groups is 1. The number of benzene rings is 2. The molecule has 0 unspecified atom stereocenters. The number of fused-ring (bicyclic) bond motifs is 1. The highest BCUT2D eigenvalue weighted by Crippen LogP contribution is 2.42. The minimum absolute atomic E-state index is 0.0250. The molecule has 52 heavy (non-hydrogen) atoms. The number of hydrogen-bond donors (Lipinski definition) is 1. The van der Waals surface area contributed by atoms with Crippen LogP contribution in [0.5, 0.6) is 0 Å². The Labute approximate surface area is 314 Å². The monoisotopic (exact) mass is 735 g/mol. The minimum Gasteiger partial charge on any atom is -0.444 e. The molecule has 2 aliphatic rings. The van der Waals surface area contributed by atoms with Gasteiger partial charge in [0.1, 0.15) is 13.2 Å². The van der Waals surface area contributed by atoms with E-state index in [0.29, 0.717) is 0 Å². The normalized spacial score (nSPS) is 22.0. The van der Waals surface area contributed by atoms with E-state index in [1.165, 1.54) is 43.4 Å². The summed E-state index contributed by atoms with van der Waals surface area (Å²) in [5.74, 6) is -0.0146. The van der Waals surface area contributed by atoms with Crippen LogP contribution in [0.3, 0.4) is 0 Å². The fourth-order valence-corrected chi connectivity index (χ4v) is 8.80. The third kappa shape index (κ3) is 11.4. The lowest BCUT2D eigenvalue weighted by Gasteiger charge is -2.49. The van der Waals surface area contributed by atoms with Crippen molar-refractivity contribution in [3.05, 3.63) is 71.8 Å². The maximum absolute atomic E-state index is 14.0. The largest absolute Gasteiger partial charge is 0.444 e. The lowest BCUT2D eigenvalue weighted by molar-refractivity contribution is 0.0278. The summed E-state index contributed by atoms with van der Waals surface area (Å²) in [6, 6.07) is 18.4. The number of rotatable bonds is 17. The summed E-state index contributed by atoms with van der Waals surface area (Å²) in [5, 5.41) is 10.8. The predicted molar refractivity (Wildman–Crippen MR) is 211 cm³/mol. The van der Waals surface area contributed by atoms with Crippen molar-refractivity contribution < 1.29 is 28.6 Å². The molecule has 2 heterocycles. The van der Waals surface area contributed by atoms with Gasteiger partial charge in [0.25, 0.3) is 0 Å². The Balaban J connectivity index is 1.63. The zero-order chi connectivity index (χ0) is 37.7. The number of guanidine groups is 1. The lowest BCUT2D eigenvalue weighted by Crippen LogP contribution is -2.65. The van der Waals surface area contributed by atoms with E-state index in [1.807, 2.05) is 67.6 Å². The van der Waals surface area contributed by atoms with E-state index in [0.717, 1.165) is 43.2 Å². The summed E-state index contributed by atoms with van der Waals surface area (Å²) in [4.78, 5) is 35.7. The standard InChI is InChI=1S/C42H65N3O6Si/c1-8-9-10-11-12-13-20-25-36(51-52(6,7)42(3,4)5)28-35-26-27-38-37(29-46)32(2)44(41(48)50-31-34-23-18-15-19-24-34)39(45(35)38)43-40(47)49-30-33-21-16-14-17-22-33/h14-19,21-24,32,35-38,46H,8-13,20,25-31H2,1-7H3/b43-39-/t32-,35+,36+,37+,38+/m1/s1. The van der Waals surface area contributed by atoms with Gasteiger partial charge in [0, 0.05) is 36.8 Å². The van der Waals surface area contributed by atoms with Crippen molar-refractivity contribution in [2.75, 3.05) is 6.61 Å². The average molecular weight is 736 g/mol. The highest BCUT2D eigenvalue weighted by molar-refractivity contribution is 6.74. The second-order valence-corrected chi connectivity index (χ2v) is 21.1. The van der Waals surface area contributed by atoms with Crippen molar-refractivity contribution in [2.45, 2.75) is 161 Å². The first-order chi connectivity index (χ1) is 24.9. The van der Waals surface area contributed by atoms with Crippen molar-refractivity contribution >= 4 is 26.5 Å². The molecule has 2 amide bonds. The first-order valence-electron chi connectivity index (χ1n) is 19.7. The van der Waals surface area contributed by atoms with Gasteiger partial charge in [-0.15, -0.1) is 4.99 Å². The highest BCUT2D eigenvalue weighted by Gasteiger charge is 2.52. The Morgan fingerprint density at radius 3 is 2.04 bits per heavy atom. The quantitative estimate of drug-likeness (QED) is 0.128.